The van der Waals surface area contributed by atoms with Gasteiger partial charge >= 0.3 is 0 Å². The number of ketones is 1. The number of benzene rings is 1. The molecule has 3 rings (SSSR count). The van der Waals surface area contributed by atoms with Crippen molar-refractivity contribution >= 4 is 35.0 Å². The normalized spacial score (nSPS) is 22.7. The van der Waals surface area contributed by atoms with Crippen LogP contribution >= 0.6 is 11.8 Å². The van der Waals surface area contributed by atoms with E-state index < -0.39 is 23.3 Å². The first-order valence-corrected chi connectivity index (χ1v) is 9.44. The first-order valence-electron chi connectivity index (χ1n) is 8.28. The summed E-state index contributed by atoms with van der Waals surface area (Å²) in [6.07, 6.45) is 1.21. The Bertz CT molecular complexity index is 681. The van der Waals surface area contributed by atoms with Crippen LogP contribution in [0.2, 0.25) is 0 Å². The highest BCUT2D eigenvalue weighted by Crippen LogP contribution is 2.35. The van der Waals surface area contributed by atoms with Gasteiger partial charge in [0.1, 0.15) is 5.54 Å². The van der Waals surface area contributed by atoms with Crippen molar-refractivity contribution < 1.29 is 14.4 Å². The second-order valence-corrected chi connectivity index (χ2v) is 7.94. The zero-order valence-corrected chi connectivity index (χ0v) is 14.7. The molecule has 0 aromatic heterocycles. The van der Waals surface area contributed by atoms with Crippen molar-refractivity contribution in [2.75, 3.05) is 16.8 Å². The van der Waals surface area contributed by atoms with Gasteiger partial charge in [-0.25, -0.2) is 0 Å². The molecule has 2 heterocycles. The van der Waals surface area contributed by atoms with E-state index in [2.05, 4.69) is 10.6 Å². The molecule has 1 spiro atoms. The summed E-state index contributed by atoms with van der Waals surface area (Å²) in [5.41, 5.74) is 0.820. The first kappa shape index (κ1) is 17.0. The minimum absolute atomic E-state index is 0.233. The van der Waals surface area contributed by atoms with E-state index in [0.717, 1.165) is 17.1 Å². The Morgan fingerprint density at radius 3 is 2.58 bits per heavy atom. The fourth-order valence-electron chi connectivity index (χ4n) is 3.41. The van der Waals surface area contributed by atoms with Gasteiger partial charge in [-0.1, -0.05) is 32.0 Å². The molecule has 0 aliphatic carbocycles. The number of rotatable bonds is 3. The highest BCUT2D eigenvalue weighted by molar-refractivity contribution is 7.99. The van der Waals surface area contributed by atoms with Gasteiger partial charge in [0, 0.05) is 5.69 Å². The van der Waals surface area contributed by atoms with Gasteiger partial charge in [0.15, 0.2) is 11.7 Å². The zero-order chi connectivity index (χ0) is 17.3. The molecule has 24 heavy (non-hydrogen) atoms. The van der Waals surface area contributed by atoms with Crippen molar-refractivity contribution in [1.29, 1.82) is 0 Å². The second-order valence-electron chi connectivity index (χ2n) is 6.71. The average molecular weight is 346 g/mol. The van der Waals surface area contributed by atoms with Gasteiger partial charge in [0.05, 0.1) is 0 Å². The number of carbonyl (C=O) groups excluding carboxylic acids is 3. The lowest BCUT2D eigenvalue weighted by Gasteiger charge is -2.31. The smallest absolute Gasteiger partial charge is 0.244 e. The second kappa shape index (κ2) is 6.59. The van der Waals surface area contributed by atoms with Crippen molar-refractivity contribution in [3.63, 3.8) is 0 Å². The molecule has 2 N–H and O–H groups in total. The van der Waals surface area contributed by atoms with Crippen LogP contribution < -0.4 is 10.6 Å². The van der Waals surface area contributed by atoms with E-state index in [0.29, 0.717) is 18.5 Å². The fraction of sp³-hybridized carbons (Fsp3) is 0.500. The molecule has 0 radical (unpaired) electrons. The Balaban J connectivity index is 1.81. The highest BCUT2D eigenvalue weighted by atomic mass is 32.2. The predicted octanol–water partition coefficient (Wildman–Crippen LogP) is 2.33. The Hall–Kier alpha value is -1.82. The first-order chi connectivity index (χ1) is 11.4. The summed E-state index contributed by atoms with van der Waals surface area (Å²) in [5, 5.41) is 5.60. The van der Waals surface area contributed by atoms with E-state index in [9.17, 15) is 14.4 Å². The van der Waals surface area contributed by atoms with Crippen LogP contribution in [0.1, 0.15) is 38.2 Å². The molecule has 6 heteroatoms. The van der Waals surface area contributed by atoms with Gasteiger partial charge in [-0.3, -0.25) is 14.4 Å². The van der Waals surface area contributed by atoms with E-state index in [1.807, 2.05) is 32.0 Å². The van der Waals surface area contributed by atoms with Crippen LogP contribution in [0.15, 0.2) is 24.3 Å². The Morgan fingerprint density at radius 1 is 1.25 bits per heavy atom. The monoisotopic (exact) mass is 346 g/mol. The van der Waals surface area contributed by atoms with Gasteiger partial charge in [-0.2, -0.15) is 11.8 Å². The average Bonchev–Trinajstić information content (AvgIpc) is 2.78. The number of Topliss-reactive ketones (excluding diaryl/α,β-unsaturated/α-hetero) is 1. The van der Waals surface area contributed by atoms with Crippen LogP contribution in [0.3, 0.4) is 0 Å². The molecule has 2 fully saturated rings. The molecule has 1 unspecified atom stereocenters. The van der Waals surface area contributed by atoms with E-state index in [4.69, 9.17) is 0 Å². The van der Waals surface area contributed by atoms with Crippen LogP contribution in [-0.2, 0) is 14.4 Å². The third-order valence-corrected chi connectivity index (χ3v) is 5.79. The molecule has 0 bridgehead atoms. The summed E-state index contributed by atoms with van der Waals surface area (Å²) in [6.45, 7) is 4.07. The van der Waals surface area contributed by atoms with Crippen molar-refractivity contribution in [2.45, 2.75) is 38.1 Å². The third kappa shape index (κ3) is 2.95. The molecule has 2 aliphatic rings. The molecule has 0 saturated carbocycles. The predicted molar refractivity (Wildman–Crippen MR) is 95.1 cm³/mol. The Kier molecular flexibility index (Phi) is 4.67. The number of hydrogen-bond donors (Lipinski definition) is 2. The topological polar surface area (TPSA) is 75.3 Å². The molecule has 1 aromatic carbocycles. The largest absolute Gasteiger partial charge is 0.342 e. The molecular weight excluding hydrogens is 324 g/mol. The molecule has 2 amide bonds. The number of hydrogen-bond acceptors (Lipinski definition) is 4. The van der Waals surface area contributed by atoms with E-state index in [1.54, 1.807) is 17.8 Å². The van der Waals surface area contributed by atoms with Crippen LogP contribution in [0, 0.1) is 5.92 Å². The number of thioether (sulfide) groups is 1. The molecule has 2 saturated heterocycles. The summed E-state index contributed by atoms with van der Waals surface area (Å²) >= 11 is 1.77. The summed E-state index contributed by atoms with van der Waals surface area (Å²) in [7, 11) is 0. The van der Waals surface area contributed by atoms with Crippen LogP contribution in [0.5, 0.6) is 0 Å². The molecule has 2 aliphatic heterocycles. The third-order valence-electron chi connectivity index (χ3n) is 4.81. The van der Waals surface area contributed by atoms with Crippen molar-refractivity contribution in [3.8, 4) is 0 Å². The lowest BCUT2D eigenvalue weighted by atomic mass is 9.85. The van der Waals surface area contributed by atoms with Crippen molar-refractivity contribution in [3.05, 3.63) is 29.8 Å². The van der Waals surface area contributed by atoms with Gasteiger partial charge in [0.2, 0.25) is 11.8 Å². The lowest BCUT2D eigenvalue weighted by molar-refractivity contribution is -0.135. The SMILES string of the molecule is CC(C)c1ccccc1NC(=O)C1C(=O)NC2(CCSCC2)C1=O. The number of nitrogens with one attached hydrogen (secondary N) is 2. The number of anilines is 1. The van der Waals surface area contributed by atoms with Gasteiger partial charge < -0.3 is 10.6 Å². The van der Waals surface area contributed by atoms with E-state index >= 15 is 0 Å². The quantitative estimate of drug-likeness (QED) is 0.824. The Morgan fingerprint density at radius 2 is 1.92 bits per heavy atom. The summed E-state index contributed by atoms with van der Waals surface area (Å²) in [6, 6.07) is 7.49. The van der Waals surface area contributed by atoms with E-state index in [-0.39, 0.29) is 11.7 Å². The molecule has 128 valence electrons. The molecule has 5 nitrogen and oxygen atoms in total. The van der Waals surface area contributed by atoms with Gasteiger partial charge in [0.25, 0.3) is 0 Å². The number of carbonyl (C=O) groups is 3. The lowest BCUT2D eigenvalue weighted by Crippen LogP contribution is -2.49. The number of para-hydroxylation sites is 1. The highest BCUT2D eigenvalue weighted by Gasteiger charge is 2.55. The standard InChI is InChI=1S/C18H22N2O3S/c1-11(2)12-5-3-4-6-13(12)19-16(22)14-15(21)18(20-17(14)23)7-9-24-10-8-18/h3-6,11,14H,7-10H2,1-2H3,(H,19,22)(H,20,23). The zero-order valence-electron chi connectivity index (χ0n) is 13.9. The molecule has 1 atom stereocenters. The minimum Gasteiger partial charge on any atom is -0.342 e. The van der Waals surface area contributed by atoms with Crippen molar-refractivity contribution in [2.24, 2.45) is 5.92 Å². The van der Waals surface area contributed by atoms with Crippen LogP contribution in [-0.4, -0.2) is 34.6 Å². The molecule has 1 aromatic rings. The maximum Gasteiger partial charge on any atom is 0.244 e. The number of amides is 2. The summed E-state index contributed by atoms with van der Waals surface area (Å²) in [4.78, 5) is 37.7. The molecular formula is C18H22N2O3S. The van der Waals surface area contributed by atoms with Gasteiger partial charge in [-0.05, 0) is 41.9 Å². The van der Waals surface area contributed by atoms with Crippen LogP contribution in [0.25, 0.3) is 0 Å². The van der Waals surface area contributed by atoms with E-state index in [1.165, 1.54) is 0 Å². The fourth-order valence-corrected chi connectivity index (χ4v) is 4.60. The summed E-state index contributed by atoms with van der Waals surface area (Å²) in [5.74, 6) is -0.614. The maximum absolute atomic E-state index is 12.8. The Labute approximate surface area is 146 Å². The van der Waals surface area contributed by atoms with Gasteiger partial charge in [-0.15, -0.1) is 0 Å². The van der Waals surface area contributed by atoms with Crippen molar-refractivity contribution in [1.82, 2.24) is 5.32 Å². The summed E-state index contributed by atoms with van der Waals surface area (Å²) < 4.78 is 0. The minimum atomic E-state index is -1.24. The maximum atomic E-state index is 12.8. The van der Waals surface area contributed by atoms with Crippen LogP contribution in [0.4, 0.5) is 5.69 Å².